The standard InChI is InChI=1S/C9H7FN2O/c10-8-3-1-2-7(9(8)13)6-4-11-12-5-6/h1-5,13H,(H,11,12). The molecule has 2 aromatic rings. The Labute approximate surface area is 73.8 Å². The summed E-state index contributed by atoms with van der Waals surface area (Å²) in [4.78, 5) is 0. The van der Waals surface area contributed by atoms with E-state index in [1.165, 1.54) is 18.3 Å². The fourth-order valence-electron chi connectivity index (χ4n) is 1.15. The maximum atomic E-state index is 12.9. The number of benzene rings is 1. The van der Waals surface area contributed by atoms with E-state index in [0.717, 1.165) is 0 Å². The van der Waals surface area contributed by atoms with Gasteiger partial charge in [0.25, 0.3) is 0 Å². The number of halogens is 1. The number of hydrogen-bond donors (Lipinski definition) is 2. The fourth-order valence-corrected chi connectivity index (χ4v) is 1.15. The summed E-state index contributed by atoms with van der Waals surface area (Å²) < 4.78 is 12.9. The predicted octanol–water partition coefficient (Wildman–Crippen LogP) is 1.92. The lowest BCUT2D eigenvalue weighted by Crippen LogP contribution is -1.80. The molecular formula is C9H7FN2O. The molecule has 66 valence electrons. The van der Waals surface area contributed by atoms with E-state index in [1.807, 2.05) is 0 Å². The molecule has 0 spiro atoms. The second-order valence-corrected chi connectivity index (χ2v) is 2.62. The van der Waals surface area contributed by atoms with Crippen molar-refractivity contribution in [3.63, 3.8) is 0 Å². The van der Waals surface area contributed by atoms with Gasteiger partial charge in [0.15, 0.2) is 11.6 Å². The molecule has 13 heavy (non-hydrogen) atoms. The second kappa shape index (κ2) is 2.90. The van der Waals surface area contributed by atoms with E-state index in [9.17, 15) is 9.50 Å². The highest BCUT2D eigenvalue weighted by Crippen LogP contribution is 2.29. The summed E-state index contributed by atoms with van der Waals surface area (Å²) >= 11 is 0. The van der Waals surface area contributed by atoms with Crippen LogP contribution in [0.2, 0.25) is 0 Å². The highest BCUT2D eigenvalue weighted by atomic mass is 19.1. The molecular weight excluding hydrogens is 171 g/mol. The number of phenols is 1. The Hall–Kier alpha value is -1.84. The van der Waals surface area contributed by atoms with Crippen molar-refractivity contribution in [3.8, 4) is 16.9 Å². The number of nitrogens with one attached hydrogen (secondary N) is 1. The Morgan fingerprint density at radius 2 is 2.23 bits per heavy atom. The van der Waals surface area contributed by atoms with Crippen molar-refractivity contribution in [2.75, 3.05) is 0 Å². The molecule has 1 aromatic carbocycles. The Kier molecular flexibility index (Phi) is 1.73. The summed E-state index contributed by atoms with van der Waals surface area (Å²) in [6.07, 6.45) is 3.11. The van der Waals surface area contributed by atoms with Crippen molar-refractivity contribution in [2.24, 2.45) is 0 Å². The summed E-state index contributed by atoms with van der Waals surface area (Å²) in [5.74, 6) is -0.970. The first-order valence-electron chi connectivity index (χ1n) is 3.75. The van der Waals surface area contributed by atoms with Crippen molar-refractivity contribution in [1.82, 2.24) is 10.2 Å². The van der Waals surface area contributed by atoms with Crippen molar-refractivity contribution >= 4 is 0 Å². The van der Waals surface area contributed by atoms with E-state index >= 15 is 0 Å². The second-order valence-electron chi connectivity index (χ2n) is 2.62. The van der Waals surface area contributed by atoms with Crippen LogP contribution in [0.5, 0.6) is 5.75 Å². The number of aromatic hydroxyl groups is 1. The molecule has 3 nitrogen and oxygen atoms in total. The van der Waals surface area contributed by atoms with Gasteiger partial charge in [0.2, 0.25) is 0 Å². The average molecular weight is 178 g/mol. The number of rotatable bonds is 1. The number of hydrogen-bond acceptors (Lipinski definition) is 2. The van der Waals surface area contributed by atoms with Gasteiger partial charge in [-0.3, -0.25) is 5.10 Å². The monoisotopic (exact) mass is 178 g/mol. The molecule has 0 bridgehead atoms. The molecule has 4 heteroatoms. The predicted molar refractivity (Wildman–Crippen MR) is 45.6 cm³/mol. The van der Waals surface area contributed by atoms with Crippen LogP contribution < -0.4 is 0 Å². The summed E-state index contributed by atoms with van der Waals surface area (Å²) in [6, 6.07) is 4.37. The Morgan fingerprint density at radius 1 is 1.38 bits per heavy atom. The summed E-state index contributed by atoms with van der Waals surface area (Å²) in [7, 11) is 0. The number of aromatic amines is 1. The average Bonchev–Trinajstić information content (AvgIpc) is 2.62. The molecule has 0 saturated carbocycles. The largest absolute Gasteiger partial charge is 0.504 e. The lowest BCUT2D eigenvalue weighted by atomic mass is 10.1. The normalized spacial score (nSPS) is 10.2. The maximum Gasteiger partial charge on any atom is 0.165 e. The van der Waals surface area contributed by atoms with Gasteiger partial charge in [-0.1, -0.05) is 12.1 Å². The third-order valence-corrected chi connectivity index (χ3v) is 1.80. The number of phenolic OH excluding ortho intramolecular Hbond substituents is 1. The van der Waals surface area contributed by atoms with E-state index in [2.05, 4.69) is 10.2 Å². The maximum absolute atomic E-state index is 12.9. The van der Waals surface area contributed by atoms with Gasteiger partial charge in [-0.05, 0) is 6.07 Å². The summed E-state index contributed by atoms with van der Waals surface area (Å²) in [6.45, 7) is 0. The van der Waals surface area contributed by atoms with Crippen LogP contribution in [-0.2, 0) is 0 Å². The van der Waals surface area contributed by atoms with Crippen LogP contribution in [0, 0.1) is 5.82 Å². The Morgan fingerprint density at radius 3 is 2.92 bits per heavy atom. The third-order valence-electron chi connectivity index (χ3n) is 1.80. The minimum atomic E-state index is -0.626. The highest BCUT2D eigenvalue weighted by Gasteiger charge is 2.08. The molecule has 0 aliphatic rings. The van der Waals surface area contributed by atoms with Gasteiger partial charge in [0.1, 0.15) is 0 Å². The number of para-hydroxylation sites is 1. The lowest BCUT2D eigenvalue weighted by Gasteiger charge is -2.01. The van der Waals surface area contributed by atoms with E-state index in [4.69, 9.17) is 0 Å². The van der Waals surface area contributed by atoms with Crippen LogP contribution in [0.25, 0.3) is 11.1 Å². The molecule has 0 unspecified atom stereocenters. The van der Waals surface area contributed by atoms with Crippen LogP contribution >= 0.6 is 0 Å². The van der Waals surface area contributed by atoms with E-state index in [1.54, 1.807) is 12.3 Å². The first kappa shape index (κ1) is 7.79. The number of H-pyrrole nitrogens is 1. The molecule has 0 aliphatic heterocycles. The quantitative estimate of drug-likeness (QED) is 0.700. The van der Waals surface area contributed by atoms with Gasteiger partial charge < -0.3 is 5.11 Å². The Balaban J connectivity index is 2.59. The first-order chi connectivity index (χ1) is 6.29. The van der Waals surface area contributed by atoms with Crippen LogP contribution in [-0.4, -0.2) is 15.3 Å². The van der Waals surface area contributed by atoms with Gasteiger partial charge in [0.05, 0.1) is 6.20 Å². The highest BCUT2D eigenvalue weighted by molar-refractivity contribution is 5.68. The minimum absolute atomic E-state index is 0.344. The van der Waals surface area contributed by atoms with Gasteiger partial charge in [-0.15, -0.1) is 0 Å². The molecule has 2 N–H and O–H groups in total. The molecule has 1 heterocycles. The van der Waals surface area contributed by atoms with Gasteiger partial charge >= 0.3 is 0 Å². The van der Waals surface area contributed by atoms with Gasteiger partial charge in [-0.25, -0.2) is 4.39 Å². The van der Waals surface area contributed by atoms with Crippen molar-refractivity contribution < 1.29 is 9.50 Å². The smallest absolute Gasteiger partial charge is 0.165 e. The van der Waals surface area contributed by atoms with E-state index in [0.29, 0.717) is 11.1 Å². The summed E-state index contributed by atoms with van der Waals surface area (Å²) in [5, 5.41) is 15.7. The van der Waals surface area contributed by atoms with Crippen LogP contribution in [0.4, 0.5) is 4.39 Å². The zero-order valence-electron chi connectivity index (χ0n) is 6.66. The first-order valence-corrected chi connectivity index (χ1v) is 3.75. The molecule has 0 fully saturated rings. The van der Waals surface area contributed by atoms with Gasteiger partial charge in [-0.2, -0.15) is 5.10 Å². The van der Waals surface area contributed by atoms with Crippen LogP contribution in [0.15, 0.2) is 30.6 Å². The Bertz CT molecular complexity index is 412. The SMILES string of the molecule is Oc1c(F)cccc1-c1cn[nH]c1. The molecule has 0 atom stereocenters. The van der Waals surface area contributed by atoms with Crippen molar-refractivity contribution in [3.05, 3.63) is 36.4 Å². The van der Waals surface area contributed by atoms with Crippen molar-refractivity contribution in [2.45, 2.75) is 0 Å². The van der Waals surface area contributed by atoms with E-state index < -0.39 is 5.82 Å². The van der Waals surface area contributed by atoms with Crippen LogP contribution in [0.3, 0.4) is 0 Å². The van der Waals surface area contributed by atoms with Crippen LogP contribution in [0.1, 0.15) is 0 Å². The molecule has 0 amide bonds. The lowest BCUT2D eigenvalue weighted by molar-refractivity contribution is 0.434. The van der Waals surface area contributed by atoms with E-state index in [-0.39, 0.29) is 5.75 Å². The number of nitrogens with zero attached hydrogens (tertiary/aromatic N) is 1. The topological polar surface area (TPSA) is 48.9 Å². The van der Waals surface area contributed by atoms with Gasteiger partial charge in [0, 0.05) is 17.3 Å². The minimum Gasteiger partial charge on any atom is -0.504 e. The zero-order valence-corrected chi connectivity index (χ0v) is 6.66. The fraction of sp³-hybridized carbons (Fsp3) is 0. The molecule has 2 rings (SSSR count). The zero-order chi connectivity index (χ0) is 9.26. The molecule has 0 aliphatic carbocycles. The van der Waals surface area contributed by atoms with Crippen molar-refractivity contribution in [1.29, 1.82) is 0 Å². The molecule has 0 saturated heterocycles. The third kappa shape index (κ3) is 1.26. The summed E-state index contributed by atoms with van der Waals surface area (Å²) in [5.41, 5.74) is 1.10. The molecule has 1 aromatic heterocycles. The number of aromatic nitrogens is 2. The molecule has 0 radical (unpaired) electrons.